The maximum atomic E-state index is 12.9. The first-order valence-corrected chi connectivity index (χ1v) is 5.54. The van der Waals surface area contributed by atoms with Gasteiger partial charge in [0.1, 0.15) is 5.82 Å². The molecule has 1 heterocycles. The quantitative estimate of drug-likeness (QED) is 0.786. The van der Waals surface area contributed by atoms with Crippen molar-refractivity contribution in [3.05, 3.63) is 57.7 Å². The van der Waals surface area contributed by atoms with Gasteiger partial charge in [-0.1, -0.05) is 17.7 Å². The molecule has 0 aliphatic carbocycles. The Bertz CT molecular complexity index is 563. The first kappa shape index (κ1) is 12.1. The molecule has 1 aromatic heterocycles. The second-order valence-electron chi connectivity index (χ2n) is 3.45. The average molecular weight is 273 g/mol. The van der Waals surface area contributed by atoms with Gasteiger partial charge in [-0.05, 0) is 41.4 Å². The molecule has 0 saturated heterocycles. The van der Waals surface area contributed by atoms with Crippen molar-refractivity contribution in [1.29, 1.82) is 0 Å². The molecule has 0 spiro atoms. The number of benzene rings is 1. The lowest BCUT2D eigenvalue weighted by molar-refractivity contribution is 0.0966. The summed E-state index contributed by atoms with van der Waals surface area (Å²) >= 11 is 11.2. The minimum atomic E-state index is -0.510. The van der Waals surface area contributed by atoms with Crippen molar-refractivity contribution >= 4 is 29.0 Å². The van der Waals surface area contributed by atoms with Gasteiger partial charge in [-0.15, -0.1) is 0 Å². The Morgan fingerprint density at radius 1 is 1.24 bits per heavy atom. The van der Waals surface area contributed by atoms with E-state index >= 15 is 0 Å². The van der Waals surface area contributed by atoms with Gasteiger partial charge >= 0.3 is 0 Å². The summed E-state index contributed by atoms with van der Waals surface area (Å²) in [6.07, 6.45) is 0.0871. The normalized spacial score (nSPS) is 10.5. The molecule has 2 aromatic rings. The third-order valence-corrected chi connectivity index (χ3v) is 2.69. The van der Waals surface area contributed by atoms with E-state index in [-0.39, 0.29) is 28.2 Å². The van der Waals surface area contributed by atoms with Crippen LogP contribution in [-0.4, -0.2) is 5.78 Å². The molecule has 0 N–H and O–H groups in total. The number of hydrogen-bond donors (Lipinski definition) is 0. The Hall–Kier alpha value is -1.32. The number of Topliss-reactive ketones (excluding diaryl/α,β-unsaturated/α-hetero) is 1. The van der Waals surface area contributed by atoms with Gasteiger partial charge in [-0.3, -0.25) is 4.79 Å². The summed E-state index contributed by atoms with van der Waals surface area (Å²) in [5, 5.41) is 0.151. The molecule has 88 valence electrons. The zero-order chi connectivity index (χ0) is 12.4. The third-order valence-electron chi connectivity index (χ3n) is 2.20. The van der Waals surface area contributed by atoms with Gasteiger partial charge in [0.15, 0.2) is 11.0 Å². The number of carbonyl (C=O) groups excluding carboxylic acids is 1. The van der Waals surface area contributed by atoms with Crippen LogP contribution in [-0.2, 0) is 6.42 Å². The molecule has 0 fully saturated rings. The van der Waals surface area contributed by atoms with Crippen LogP contribution in [0.4, 0.5) is 4.39 Å². The second-order valence-corrected chi connectivity index (χ2v) is 4.23. The smallest absolute Gasteiger partial charge is 0.202 e. The van der Waals surface area contributed by atoms with Gasteiger partial charge in [0.2, 0.25) is 5.78 Å². The number of halogens is 3. The number of hydrogen-bond acceptors (Lipinski definition) is 2. The van der Waals surface area contributed by atoms with Crippen LogP contribution in [0, 0.1) is 5.82 Å². The molecule has 2 rings (SSSR count). The van der Waals surface area contributed by atoms with Gasteiger partial charge in [-0.2, -0.15) is 0 Å². The first-order valence-electron chi connectivity index (χ1n) is 4.79. The molecule has 0 radical (unpaired) electrons. The molecule has 0 aliphatic rings. The lowest BCUT2D eigenvalue weighted by atomic mass is 10.1. The average Bonchev–Trinajstić information content (AvgIpc) is 2.70. The highest BCUT2D eigenvalue weighted by Gasteiger charge is 2.12. The minimum absolute atomic E-state index is 0.00669. The van der Waals surface area contributed by atoms with Gasteiger partial charge in [0, 0.05) is 6.42 Å². The monoisotopic (exact) mass is 272 g/mol. The van der Waals surface area contributed by atoms with E-state index in [1.165, 1.54) is 30.3 Å². The Morgan fingerprint density at radius 2 is 2.00 bits per heavy atom. The lowest BCUT2D eigenvalue weighted by Crippen LogP contribution is -2.02. The van der Waals surface area contributed by atoms with Crippen molar-refractivity contribution < 1.29 is 13.6 Å². The molecular weight excluding hydrogens is 266 g/mol. The summed E-state index contributed by atoms with van der Waals surface area (Å²) in [4.78, 5) is 11.7. The summed E-state index contributed by atoms with van der Waals surface area (Å²) in [5.41, 5.74) is 0.619. The second kappa shape index (κ2) is 4.90. The zero-order valence-corrected chi connectivity index (χ0v) is 10.1. The highest BCUT2D eigenvalue weighted by atomic mass is 35.5. The van der Waals surface area contributed by atoms with Crippen LogP contribution in [0.3, 0.4) is 0 Å². The van der Waals surface area contributed by atoms with E-state index in [2.05, 4.69) is 0 Å². The van der Waals surface area contributed by atoms with E-state index in [9.17, 15) is 9.18 Å². The van der Waals surface area contributed by atoms with Crippen molar-refractivity contribution in [2.75, 3.05) is 0 Å². The van der Waals surface area contributed by atoms with Crippen LogP contribution >= 0.6 is 23.2 Å². The predicted molar refractivity (Wildman–Crippen MR) is 63.2 cm³/mol. The Kier molecular flexibility index (Phi) is 3.50. The molecule has 0 atom stereocenters. The number of ketones is 1. The zero-order valence-electron chi connectivity index (χ0n) is 8.54. The molecule has 1 aromatic carbocycles. The van der Waals surface area contributed by atoms with E-state index in [1.54, 1.807) is 0 Å². The Morgan fingerprint density at radius 3 is 2.59 bits per heavy atom. The molecule has 0 aliphatic heterocycles. The minimum Gasteiger partial charge on any atom is -0.442 e. The van der Waals surface area contributed by atoms with Gasteiger partial charge in [-0.25, -0.2) is 4.39 Å². The largest absolute Gasteiger partial charge is 0.442 e. The van der Waals surface area contributed by atoms with Crippen molar-refractivity contribution in [1.82, 2.24) is 0 Å². The highest BCUT2D eigenvalue weighted by molar-refractivity contribution is 6.30. The molecule has 2 nitrogen and oxygen atoms in total. The van der Waals surface area contributed by atoms with Gasteiger partial charge in [0.25, 0.3) is 0 Å². The van der Waals surface area contributed by atoms with Crippen LogP contribution in [0.15, 0.2) is 34.7 Å². The molecule has 0 saturated carbocycles. The van der Waals surface area contributed by atoms with Crippen molar-refractivity contribution in [3.8, 4) is 0 Å². The summed E-state index contributed by atoms with van der Waals surface area (Å²) in [6, 6.07) is 7.13. The molecule has 5 heteroatoms. The maximum absolute atomic E-state index is 12.9. The fraction of sp³-hybridized carbons (Fsp3) is 0.0833. The topological polar surface area (TPSA) is 30.2 Å². The Labute approximate surface area is 107 Å². The van der Waals surface area contributed by atoms with Crippen LogP contribution < -0.4 is 0 Å². The number of furan rings is 1. The predicted octanol–water partition coefficient (Wildman–Crippen LogP) is 4.15. The fourth-order valence-electron chi connectivity index (χ4n) is 1.39. The summed E-state index contributed by atoms with van der Waals surface area (Å²) in [7, 11) is 0. The van der Waals surface area contributed by atoms with E-state index < -0.39 is 5.82 Å². The molecule has 0 amide bonds. The summed E-state index contributed by atoms with van der Waals surface area (Å²) in [6.45, 7) is 0. The van der Waals surface area contributed by atoms with Crippen LogP contribution in [0.25, 0.3) is 0 Å². The van der Waals surface area contributed by atoms with Crippen LogP contribution in [0.5, 0.6) is 0 Å². The van der Waals surface area contributed by atoms with Gasteiger partial charge in [0.05, 0.1) is 5.02 Å². The highest BCUT2D eigenvalue weighted by Crippen LogP contribution is 2.19. The maximum Gasteiger partial charge on any atom is 0.202 e. The number of carbonyl (C=O) groups is 1. The first-order chi connectivity index (χ1) is 8.06. The van der Waals surface area contributed by atoms with E-state index in [0.717, 1.165) is 0 Å². The summed E-state index contributed by atoms with van der Waals surface area (Å²) in [5.74, 6) is -0.570. The Balaban J connectivity index is 2.15. The molecule has 0 bridgehead atoms. The third kappa shape index (κ3) is 2.87. The van der Waals surface area contributed by atoms with Crippen molar-refractivity contribution in [2.45, 2.75) is 6.42 Å². The van der Waals surface area contributed by atoms with Crippen molar-refractivity contribution in [2.24, 2.45) is 0 Å². The van der Waals surface area contributed by atoms with Crippen molar-refractivity contribution in [3.63, 3.8) is 0 Å². The van der Waals surface area contributed by atoms with E-state index in [0.29, 0.717) is 5.56 Å². The fourth-order valence-corrected chi connectivity index (χ4v) is 1.74. The lowest BCUT2D eigenvalue weighted by Gasteiger charge is -2.00. The molecule has 0 unspecified atom stereocenters. The van der Waals surface area contributed by atoms with E-state index in [4.69, 9.17) is 27.6 Å². The van der Waals surface area contributed by atoms with Crippen LogP contribution in [0.1, 0.15) is 16.1 Å². The van der Waals surface area contributed by atoms with E-state index in [1.807, 2.05) is 0 Å². The number of rotatable bonds is 3. The summed E-state index contributed by atoms with van der Waals surface area (Å²) < 4.78 is 17.9. The van der Waals surface area contributed by atoms with Crippen LogP contribution in [0.2, 0.25) is 10.2 Å². The molecule has 17 heavy (non-hydrogen) atoms. The standard InChI is InChI=1S/C12H7Cl2FO2/c13-8-5-7(1-2-9(8)15)6-10(16)11-3-4-12(14)17-11/h1-5H,6H2. The van der Waals surface area contributed by atoms with Gasteiger partial charge < -0.3 is 4.42 Å². The SMILES string of the molecule is O=C(Cc1ccc(F)c(Cl)c1)c1ccc(Cl)o1. The molecular formula is C12H7Cl2FO2.